The van der Waals surface area contributed by atoms with Gasteiger partial charge in [-0.15, -0.1) is 0 Å². The molecule has 84 valence electrons. The van der Waals surface area contributed by atoms with Gasteiger partial charge in [-0.3, -0.25) is 16.0 Å². The second-order valence-corrected chi connectivity index (χ2v) is 4.37. The lowest BCUT2D eigenvalue weighted by molar-refractivity contribution is 0.232. The van der Waals surface area contributed by atoms with Crippen LogP contribution in [-0.4, -0.2) is 9.78 Å². The molecule has 0 bridgehead atoms. The van der Waals surface area contributed by atoms with Crippen LogP contribution in [0.15, 0.2) is 12.4 Å². The molecule has 1 fully saturated rings. The highest BCUT2D eigenvalue weighted by molar-refractivity contribution is 5.12. The van der Waals surface area contributed by atoms with Crippen molar-refractivity contribution < 1.29 is 0 Å². The van der Waals surface area contributed by atoms with Gasteiger partial charge in [0.15, 0.2) is 0 Å². The lowest BCUT2D eigenvalue weighted by Crippen LogP contribution is -2.36. The van der Waals surface area contributed by atoms with E-state index in [1.807, 2.05) is 10.9 Å². The average Bonchev–Trinajstić information content (AvgIpc) is 2.60. The van der Waals surface area contributed by atoms with Gasteiger partial charge < -0.3 is 0 Å². The van der Waals surface area contributed by atoms with Gasteiger partial charge in [-0.25, -0.2) is 0 Å². The molecule has 0 aliphatic heterocycles. The van der Waals surface area contributed by atoms with Crippen molar-refractivity contribution in [3.05, 3.63) is 18.0 Å². The van der Waals surface area contributed by atoms with E-state index in [0.29, 0.717) is 12.0 Å². The fourth-order valence-corrected chi connectivity index (χ4v) is 2.17. The molecule has 1 aromatic rings. The minimum atomic E-state index is 0.296. The fraction of sp³-hybridized carbons (Fsp3) is 0.727. The Morgan fingerprint density at radius 1 is 1.67 bits per heavy atom. The van der Waals surface area contributed by atoms with E-state index >= 15 is 0 Å². The van der Waals surface area contributed by atoms with E-state index in [9.17, 15) is 0 Å². The van der Waals surface area contributed by atoms with Crippen molar-refractivity contribution in [1.82, 2.24) is 15.2 Å². The molecule has 1 aliphatic carbocycles. The number of nitrogens with one attached hydrogen (secondary N) is 1. The molecule has 4 nitrogen and oxygen atoms in total. The van der Waals surface area contributed by atoms with E-state index in [1.54, 1.807) is 0 Å². The molecule has 0 amide bonds. The smallest absolute Gasteiger partial charge is 0.0538 e. The van der Waals surface area contributed by atoms with E-state index in [4.69, 9.17) is 5.84 Å². The van der Waals surface area contributed by atoms with Crippen LogP contribution in [0.2, 0.25) is 0 Å². The Bertz CT molecular complexity index is 303. The summed E-state index contributed by atoms with van der Waals surface area (Å²) < 4.78 is 2.00. The van der Waals surface area contributed by atoms with Gasteiger partial charge in [0.2, 0.25) is 0 Å². The van der Waals surface area contributed by atoms with Crippen LogP contribution in [0.1, 0.15) is 44.2 Å². The Balaban J connectivity index is 2.04. The molecular weight excluding hydrogens is 188 g/mol. The molecule has 1 unspecified atom stereocenters. The zero-order valence-corrected chi connectivity index (χ0v) is 9.32. The maximum absolute atomic E-state index is 5.61. The minimum absolute atomic E-state index is 0.296. The topological polar surface area (TPSA) is 55.9 Å². The van der Waals surface area contributed by atoms with Crippen molar-refractivity contribution in [2.45, 2.75) is 45.2 Å². The highest BCUT2D eigenvalue weighted by atomic mass is 15.3. The SMILES string of the molecule is CCCn1cc(C(NN)C2CCC2)cn1. The summed E-state index contributed by atoms with van der Waals surface area (Å²) in [5.41, 5.74) is 4.15. The van der Waals surface area contributed by atoms with Crippen LogP contribution in [0.5, 0.6) is 0 Å². The Kier molecular flexibility index (Phi) is 3.38. The monoisotopic (exact) mass is 208 g/mol. The van der Waals surface area contributed by atoms with Crippen LogP contribution in [0.3, 0.4) is 0 Å². The summed E-state index contributed by atoms with van der Waals surface area (Å²) in [5, 5.41) is 4.34. The Morgan fingerprint density at radius 3 is 3.00 bits per heavy atom. The number of nitrogens with zero attached hydrogens (tertiary/aromatic N) is 2. The van der Waals surface area contributed by atoms with Gasteiger partial charge in [0.05, 0.1) is 12.2 Å². The van der Waals surface area contributed by atoms with Crippen LogP contribution < -0.4 is 11.3 Å². The first-order valence-electron chi connectivity index (χ1n) is 5.83. The van der Waals surface area contributed by atoms with Crippen LogP contribution in [0.25, 0.3) is 0 Å². The molecule has 1 heterocycles. The normalized spacial score (nSPS) is 18.8. The summed E-state index contributed by atoms with van der Waals surface area (Å²) in [6.07, 6.45) is 9.09. The molecule has 1 aromatic heterocycles. The third-order valence-corrected chi connectivity index (χ3v) is 3.27. The summed E-state index contributed by atoms with van der Waals surface area (Å²) in [4.78, 5) is 0. The molecule has 2 rings (SSSR count). The molecule has 0 radical (unpaired) electrons. The first kappa shape index (κ1) is 10.6. The van der Waals surface area contributed by atoms with E-state index in [2.05, 4.69) is 23.6 Å². The van der Waals surface area contributed by atoms with E-state index < -0.39 is 0 Å². The largest absolute Gasteiger partial charge is 0.272 e. The van der Waals surface area contributed by atoms with Crippen molar-refractivity contribution in [1.29, 1.82) is 0 Å². The molecule has 3 N–H and O–H groups in total. The lowest BCUT2D eigenvalue weighted by atomic mass is 9.78. The van der Waals surface area contributed by atoms with Gasteiger partial charge in [-0.05, 0) is 25.2 Å². The van der Waals surface area contributed by atoms with Crippen LogP contribution in [-0.2, 0) is 6.54 Å². The van der Waals surface area contributed by atoms with Crippen LogP contribution >= 0.6 is 0 Å². The summed E-state index contributed by atoms with van der Waals surface area (Å²) >= 11 is 0. The Morgan fingerprint density at radius 2 is 2.47 bits per heavy atom. The maximum Gasteiger partial charge on any atom is 0.0538 e. The fourth-order valence-electron chi connectivity index (χ4n) is 2.17. The van der Waals surface area contributed by atoms with Crippen LogP contribution in [0.4, 0.5) is 0 Å². The number of aryl methyl sites for hydroxylation is 1. The average molecular weight is 208 g/mol. The summed E-state index contributed by atoms with van der Waals surface area (Å²) in [7, 11) is 0. The second kappa shape index (κ2) is 4.77. The molecule has 1 atom stereocenters. The van der Waals surface area contributed by atoms with Gasteiger partial charge in [0, 0.05) is 18.3 Å². The number of nitrogens with two attached hydrogens (primary N) is 1. The Hall–Kier alpha value is -0.870. The third-order valence-electron chi connectivity index (χ3n) is 3.27. The standard InChI is InChI=1S/C11H20N4/c1-2-6-15-8-10(7-13-15)11(14-12)9-4-3-5-9/h7-9,11,14H,2-6,12H2,1H3. The number of aromatic nitrogens is 2. The molecule has 0 saturated heterocycles. The van der Waals surface area contributed by atoms with Gasteiger partial charge in [0.1, 0.15) is 0 Å². The summed E-state index contributed by atoms with van der Waals surface area (Å²) in [5.74, 6) is 6.31. The predicted octanol–water partition coefficient (Wildman–Crippen LogP) is 1.60. The highest BCUT2D eigenvalue weighted by Gasteiger charge is 2.28. The number of hydrazine groups is 1. The van der Waals surface area contributed by atoms with Crippen molar-refractivity contribution in [2.24, 2.45) is 11.8 Å². The summed E-state index contributed by atoms with van der Waals surface area (Å²) in [6, 6.07) is 0.296. The first-order chi connectivity index (χ1) is 7.35. The predicted molar refractivity (Wildman–Crippen MR) is 59.9 cm³/mol. The molecular formula is C11H20N4. The molecule has 4 heteroatoms. The number of rotatable bonds is 5. The van der Waals surface area contributed by atoms with Gasteiger partial charge in [-0.1, -0.05) is 13.3 Å². The van der Waals surface area contributed by atoms with Crippen molar-refractivity contribution >= 4 is 0 Å². The van der Waals surface area contributed by atoms with Gasteiger partial charge in [0.25, 0.3) is 0 Å². The zero-order valence-electron chi connectivity index (χ0n) is 9.32. The quantitative estimate of drug-likeness (QED) is 0.571. The lowest BCUT2D eigenvalue weighted by Gasteiger charge is -2.32. The second-order valence-electron chi connectivity index (χ2n) is 4.37. The maximum atomic E-state index is 5.61. The third kappa shape index (κ3) is 2.21. The highest BCUT2D eigenvalue weighted by Crippen LogP contribution is 2.36. The summed E-state index contributed by atoms with van der Waals surface area (Å²) in [6.45, 7) is 3.15. The van der Waals surface area contributed by atoms with Crippen LogP contribution in [0, 0.1) is 5.92 Å². The number of hydrogen-bond donors (Lipinski definition) is 2. The molecule has 0 spiro atoms. The van der Waals surface area contributed by atoms with Gasteiger partial charge >= 0.3 is 0 Å². The van der Waals surface area contributed by atoms with E-state index in [1.165, 1.54) is 24.8 Å². The van der Waals surface area contributed by atoms with Gasteiger partial charge in [-0.2, -0.15) is 5.10 Å². The number of hydrogen-bond acceptors (Lipinski definition) is 3. The van der Waals surface area contributed by atoms with Crippen molar-refractivity contribution in [2.75, 3.05) is 0 Å². The minimum Gasteiger partial charge on any atom is -0.272 e. The van der Waals surface area contributed by atoms with Crippen molar-refractivity contribution in [3.8, 4) is 0 Å². The molecule has 1 aliphatic rings. The first-order valence-corrected chi connectivity index (χ1v) is 5.83. The Labute approximate surface area is 90.8 Å². The van der Waals surface area contributed by atoms with E-state index in [-0.39, 0.29) is 0 Å². The zero-order chi connectivity index (χ0) is 10.7. The van der Waals surface area contributed by atoms with Crippen molar-refractivity contribution in [3.63, 3.8) is 0 Å². The molecule has 0 aromatic carbocycles. The van der Waals surface area contributed by atoms with E-state index in [0.717, 1.165) is 13.0 Å². The molecule has 1 saturated carbocycles. The molecule has 15 heavy (non-hydrogen) atoms.